The molecule has 0 saturated carbocycles. The van der Waals surface area contributed by atoms with Gasteiger partial charge in [0.15, 0.2) is 5.82 Å². The molecule has 1 aliphatic heterocycles. The average Bonchev–Trinajstić information content (AvgIpc) is 3.11. The van der Waals surface area contributed by atoms with E-state index in [4.69, 9.17) is 9.26 Å². The monoisotopic (exact) mass is 344 g/mol. The molecule has 0 bridgehead atoms. The van der Waals surface area contributed by atoms with Crippen LogP contribution in [-0.4, -0.2) is 58.8 Å². The summed E-state index contributed by atoms with van der Waals surface area (Å²) >= 11 is 0. The Labute approximate surface area is 147 Å². The van der Waals surface area contributed by atoms with Crippen LogP contribution in [0.1, 0.15) is 31.3 Å². The lowest BCUT2D eigenvalue weighted by atomic mass is 10.1. The van der Waals surface area contributed by atoms with Gasteiger partial charge in [0.2, 0.25) is 0 Å². The number of hydrogen-bond donors (Lipinski definition) is 0. The van der Waals surface area contributed by atoms with Crippen LogP contribution in [0.3, 0.4) is 0 Å². The third-order valence-electron chi connectivity index (χ3n) is 4.47. The van der Waals surface area contributed by atoms with Gasteiger partial charge >= 0.3 is 6.09 Å². The second-order valence-corrected chi connectivity index (χ2v) is 6.23. The first-order chi connectivity index (χ1) is 12.1. The summed E-state index contributed by atoms with van der Waals surface area (Å²) in [6.45, 7) is 9.12. The molecule has 2 heterocycles. The van der Waals surface area contributed by atoms with E-state index < -0.39 is 0 Å². The summed E-state index contributed by atoms with van der Waals surface area (Å²) in [5.74, 6) is 1.21. The number of amides is 1. The zero-order valence-corrected chi connectivity index (χ0v) is 14.9. The first-order valence-corrected chi connectivity index (χ1v) is 8.65. The van der Waals surface area contributed by atoms with Gasteiger partial charge in [-0.25, -0.2) is 4.79 Å². The number of benzene rings is 1. The summed E-state index contributed by atoms with van der Waals surface area (Å²) in [5.41, 5.74) is 2.08. The highest BCUT2D eigenvalue weighted by atomic mass is 16.6. The molecular formula is C18H24N4O3. The Morgan fingerprint density at radius 3 is 2.76 bits per heavy atom. The number of nitrogens with zero attached hydrogens (tertiary/aromatic N) is 4. The highest BCUT2D eigenvalue weighted by Gasteiger charge is 2.27. The minimum atomic E-state index is -0.240. The SMILES string of the molecule is CCOC(=O)N1CCN(C(C)c2noc(-c3cccc(C)c3)n2)CC1. The molecule has 1 fully saturated rings. The standard InChI is InChI=1S/C18H24N4O3/c1-4-24-18(23)22-10-8-21(9-11-22)14(3)16-19-17(25-20-16)15-7-5-6-13(2)12-15/h5-7,12,14H,4,8-11H2,1-3H3. The molecule has 0 aliphatic carbocycles. The van der Waals surface area contributed by atoms with Crippen LogP contribution in [0.4, 0.5) is 4.79 Å². The summed E-state index contributed by atoms with van der Waals surface area (Å²) in [5, 5.41) is 4.15. The fourth-order valence-electron chi connectivity index (χ4n) is 2.97. The maximum absolute atomic E-state index is 11.8. The van der Waals surface area contributed by atoms with E-state index >= 15 is 0 Å². The summed E-state index contributed by atoms with van der Waals surface area (Å²) in [6, 6.07) is 8.04. The van der Waals surface area contributed by atoms with Crippen molar-refractivity contribution in [3.05, 3.63) is 35.7 Å². The molecule has 0 radical (unpaired) electrons. The fraction of sp³-hybridized carbons (Fsp3) is 0.500. The van der Waals surface area contributed by atoms with Crippen molar-refractivity contribution in [2.24, 2.45) is 0 Å². The molecule has 134 valence electrons. The van der Waals surface area contributed by atoms with Gasteiger partial charge in [-0.05, 0) is 32.9 Å². The molecule has 1 aromatic heterocycles. The van der Waals surface area contributed by atoms with Crippen LogP contribution in [0.2, 0.25) is 0 Å². The Kier molecular flexibility index (Phi) is 5.33. The maximum atomic E-state index is 11.8. The van der Waals surface area contributed by atoms with Crippen molar-refractivity contribution in [3.63, 3.8) is 0 Å². The predicted molar refractivity (Wildman–Crippen MR) is 93.1 cm³/mol. The van der Waals surface area contributed by atoms with E-state index in [1.165, 1.54) is 0 Å². The quantitative estimate of drug-likeness (QED) is 0.849. The van der Waals surface area contributed by atoms with Crippen molar-refractivity contribution >= 4 is 6.09 Å². The van der Waals surface area contributed by atoms with Crippen LogP contribution in [0.15, 0.2) is 28.8 Å². The van der Waals surface area contributed by atoms with Gasteiger partial charge in [0.25, 0.3) is 5.89 Å². The Hall–Kier alpha value is -2.41. The van der Waals surface area contributed by atoms with Crippen LogP contribution in [0, 0.1) is 6.92 Å². The number of carbonyl (C=O) groups excluding carboxylic acids is 1. The van der Waals surface area contributed by atoms with Crippen LogP contribution in [0.25, 0.3) is 11.5 Å². The highest BCUT2D eigenvalue weighted by Crippen LogP contribution is 2.24. The van der Waals surface area contributed by atoms with Crippen molar-refractivity contribution in [1.82, 2.24) is 19.9 Å². The van der Waals surface area contributed by atoms with E-state index in [-0.39, 0.29) is 12.1 Å². The van der Waals surface area contributed by atoms with Crippen LogP contribution >= 0.6 is 0 Å². The third kappa shape index (κ3) is 3.99. The van der Waals surface area contributed by atoms with E-state index in [0.29, 0.717) is 31.4 Å². The van der Waals surface area contributed by atoms with E-state index in [2.05, 4.69) is 22.0 Å². The second-order valence-electron chi connectivity index (χ2n) is 6.23. The van der Waals surface area contributed by atoms with Crippen molar-refractivity contribution in [3.8, 4) is 11.5 Å². The number of aryl methyl sites for hydroxylation is 1. The van der Waals surface area contributed by atoms with Gasteiger partial charge in [0, 0.05) is 31.7 Å². The molecule has 1 atom stereocenters. The fourth-order valence-corrected chi connectivity index (χ4v) is 2.97. The first-order valence-electron chi connectivity index (χ1n) is 8.65. The molecule has 1 aliphatic rings. The van der Waals surface area contributed by atoms with Gasteiger partial charge in [-0.2, -0.15) is 4.98 Å². The topological polar surface area (TPSA) is 71.7 Å². The smallest absolute Gasteiger partial charge is 0.409 e. The number of aromatic nitrogens is 2. The van der Waals surface area contributed by atoms with E-state index in [1.54, 1.807) is 4.90 Å². The summed E-state index contributed by atoms with van der Waals surface area (Å²) in [6.07, 6.45) is -0.240. The molecule has 1 saturated heterocycles. The predicted octanol–water partition coefficient (Wildman–Crippen LogP) is 2.88. The van der Waals surface area contributed by atoms with Gasteiger partial charge in [0.1, 0.15) is 0 Å². The minimum absolute atomic E-state index is 0.0339. The lowest BCUT2D eigenvalue weighted by Gasteiger charge is -2.36. The normalized spacial score (nSPS) is 16.7. The zero-order valence-electron chi connectivity index (χ0n) is 14.9. The number of ether oxygens (including phenoxy) is 1. The number of hydrogen-bond acceptors (Lipinski definition) is 6. The molecule has 7 heteroatoms. The molecule has 1 amide bonds. The van der Waals surface area contributed by atoms with Crippen LogP contribution in [-0.2, 0) is 4.74 Å². The lowest BCUT2D eigenvalue weighted by Crippen LogP contribution is -2.49. The van der Waals surface area contributed by atoms with Gasteiger partial charge in [0.05, 0.1) is 12.6 Å². The van der Waals surface area contributed by atoms with E-state index in [9.17, 15) is 4.79 Å². The summed E-state index contributed by atoms with van der Waals surface area (Å²) in [4.78, 5) is 20.3. The van der Waals surface area contributed by atoms with Gasteiger partial charge in [-0.3, -0.25) is 4.90 Å². The summed E-state index contributed by atoms with van der Waals surface area (Å²) in [7, 11) is 0. The van der Waals surface area contributed by atoms with Crippen molar-refractivity contribution in [2.75, 3.05) is 32.8 Å². The number of rotatable bonds is 4. The largest absolute Gasteiger partial charge is 0.450 e. The molecule has 2 aromatic rings. The molecule has 1 unspecified atom stereocenters. The molecular weight excluding hydrogens is 320 g/mol. The molecule has 7 nitrogen and oxygen atoms in total. The Morgan fingerprint density at radius 1 is 1.32 bits per heavy atom. The van der Waals surface area contributed by atoms with Crippen molar-refractivity contribution in [1.29, 1.82) is 0 Å². The molecule has 1 aromatic carbocycles. The number of piperazine rings is 1. The van der Waals surface area contributed by atoms with E-state index in [1.807, 2.05) is 38.1 Å². The average molecular weight is 344 g/mol. The van der Waals surface area contributed by atoms with Crippen molar-refractivity contribution in [2.45, 2.75) is 26.8 Å². The molecule has 3 rings (SSSR count). The highest BCUT2D eigenvalue weighted by molar-refractivity contribution is 5.67. The van der Waals surface area contributed by atoms with E-state index in [0.717, 1.165) is 24.2 Å². The molecule has 25 heavy (non-hydrogen) atoms. The Morgan fingerprint density at radius 2 is 2.08 bits per heavy atom. The Balaban J connectivity index is 1.63. The van der Waals surface area contributed by atoms with Crippen LogP contribution < -0.4 is 0 Å². The first kappa shape index (κ1) is 17.4. The van der Waals surface area contributed by atoms with Crippen molar-refractivity contribution < 1.29 is 14.1 Å². The van der Waals surface area contributed by atoms with Crippen LogP contribution in [0.5, 0.6) is 0 Å². The Bertz CT molecular complexity index is 723. The second kappa shape index (κ2) is 7.65. The lowest BCUT2D eigenvalue weighted by molar-refractivity contribution is 0.0669. The van der Waals surface area contributed by atoms with Gasteiger partial charge in [-0.1, -0.05) is 22.9 Å². The van der Waals surface area contributed by atoms with Gasteiger partial charge < -0.3 is 14.2 Å². The minimum Gasteiger partial charge on any atom is -0.450 e. The summed E-state index contributed by atoms with van der Waals surface area (Å²) < 4.78 is 10.5. The number of carbonyl (C=O) groups is 1. The molecule has 0 N–H and O–H groups in total. The maximum Gasteiger partial charge on any atom is 0.409 e. The zero-order chi connectivity index (χ0) is 17.8. The third-order valence-corrected chi connectivity index (χ3v) is 4.47. The van der Waals surface area contributed by atoms with Gasteiger partial charge in [-0.15, -0.1) is 0 Å². The molecule has 0 spiro atoms.